The molecule has 4 rings (SSSR count). The van der Waals surface area contributed by atoms with Gasteiger partial charge in [-0.2, -0.15) is 5.48 Å². The van der Waals surface area contributed by atoms with Gasteiger partial charge in [-0.05, 0) is 54.7 Å². The number of benzene rings is 2. The number of nitrogens with zero attached hydrogens (tertiary/aromatic N) is 1. The number of hydrogen-bond donors (Lipinski definition) is 2. The number of para-hydroxylation sites is 1. The molecular formula is C20H20N2O2. The Morgan fingerprint density at radius 1 is 1.12 bits per heavy atom. The number of hydroxylamine groups is 1. The van der Waals surface area contributed by atoms with Crippen molar-refractivity contribution >= 4 is 10.9 Å². The Labute approximate surface area is 141 Å². The Morgan fingerprint density at radius 3 is 2.96 bits per heavy atom. The number of nitrogens with one attached hydrogen (secondary N) is 1. The van der Waals surface area contributed by atoms with Crippen LogP contribution in [0.1, 0.15) is 35.7 Å². The number of pyridine rings is 1. The quantitative estimate of drug-likeness (QED) is 0.708. The topological polar surface area (TPSA) is 54.4 Å². The second kappa shape index (κ2) is 6.59. The van der Waals surface area contributed by atoms with Gasteiger partial charge in [-0.15, -0.1) is 0 Å². The zero-order valence-electron chi connectivity index (χ0n) is 13.4. The van der Waals surface area contributed by atoms with Crippen LogP contribution in [0, 0.1) is 0 Å². The molecular weight excluding hydrogens is 300 g/mol. The average Bonchev–Trinajstić information content (AvgIpc) is 2.65. The molecule has 0 radical (unpaired) electrons. The summed E-state index contributed by atoms with van der Waals surface area (Å²) in [6, 6.07) is 18.3. The van der Waals surface area contributed by atoms with Crippen LogP contribution in [0.5, 0.6) is 5.75 Å². The van der Waals surface area contributed by atoms with Crippen molar-refractivity contribution in [2.75, 3.05) is 0 Å². The van der Waals surface area contributed by atoms with Crippen LogP contribution < -0.4 is 10.2 Å². The van der Waals surface area contributed by atoms with Crippen LogP contribution in [0.4, 0.5) is 0 Å². The molecule has 0 saturated heterocycles. The van der Waals surface area contributed by atoms with E-state index in [0.29, 0.717) is 6.61 Å². The van der Waals surface area contributed by atoms with Crippen LogP contribution in [-0.2, 0) is 13.0 Å². The maximum Gasteiger partial charge on any atom is 0.130 e. The van der Waals surface area contributed by atoms with E-state index in [0.717, 1.165) is 41.6 Å². The molecule has 24 heavy (non-hydrogen) atoms. The van der Waals surface area contributed by atoms with Gasteiger partial charge in [0.15, 0.2) is 0 Å². The Morgan fingerprint density at radius 2 is 2.04 bits per heavy atom. The highest BCUT2D eigenvalue weighted by atomic mass is 16.5. The molecule has 0 spiro atoms. The fourth-order valence-electron chi connectivity index (χ4n) is 3.36. The number of rotatable bonds is 4. The first kappa shape index (κ1) is 15.1. The van der Waals surface area contributed by atoms with Crippen LogP contribution >= 0.6 is 0 Å². The first-order chi connectivity index (χ1) is 11.8. The van der Waals surface area contributed by atoms with E-state index < -0.39 is 0 Å². The van der Waals surface area contributed by atoms with Gasteiger partial charge >= 0.3 is 0 Å². The summed E-state index contributed by atoms with van der Waals surface area (Å²) < 4.78 is 5.93. The van der Waals surface area contributed by atoms with Gasteiger partial charge in [0, 0.05) is 5.39 Å². The monoisotopic (exact) mass is 320 g/mol. The molecule has 0 aliphatic heterocycles. The predicted octanol–water partition coefficient (Wildman–Crippen LogP) is 4.17. The first-order valence-electron chi connectivity index (χ1n) is 8.33. The second-order valence-electron chi connectivity index (χ2n) is 6.22. The summed E-state index contributed by atoms with van der Waals surface area (Å²) in [6.45, 7) is 0.450. The van der Waals surface area contributed by atoms with Crippen LogP contribution in [0.3, 0.4) is 0 Å². The van der Waals surface area contributed by atoms with Gasteiger partial charge in [0.2, 0.25) is 0 Å². The van der Waals surface area contributed by atoms with Crippen molar-refractivity contribution in [3.05, 3.63) is 71.4 Å². The van der Waals surface area contributed by atoms with Gasteiger partial charge in [0.05, 0.1) is 17.3 Å². The fourth-order valence-corrected chi connectivity index (χ4v) is 3.36. The fraction of sp³-hybridized carbons (Fsp3) is 0.250. The molecule has 1 aliphatic rings. The molecule has 0 fully saturated rings. The van der Waals surface area contributed by atoms with Crippen LogP contribution in [0.25, 0.3) is 10.9 Å². The van der Waals surface area contributed by atoms with Crippen molar-refractivity contribution < 1.29 is 9.94 Å². The summed E-state index contributed by atoms with van der Waals surface area (Å²) in [5, 5.41) is 10.4. The number of aryl methyl sites for hydroxylation is 1. The second-order valence-corrected chi connectivity index (χ2v) is 6.22. The molecule has 1 unspecified atom stereocenters. The molecule has 2 N–H and O–H groups in total. The molecule has 4 nitrogen and oxygen atoms in total. The number of aromatic nitrogens is 1. The number of fused-ring (bicyclic) bond motifs is 2. The SMILES string of the molecule is ONC1CCCc2cc(OCc3ccc4ccccc4n3)ccc21. The lowest BCUT2D eigenvalue weighted by Gasteiger charge is -2.24. The lowest BCUT2D eigenvalue weighted by molar-refractivity contribution is 0.117. The third kappa shape index (κ3) is 2.98. The molecule has 2 aromatic carbocycles. The molecule has 122 valence electrons. The van der Waals surface area contributed by atoms with E-state index in [-0.39, 0.29) is 6.04 Å². The van der Waals surface area contributed by atoms with Crippen molar-refractivity contribution in [3.63, 3.8) is 0 Å². The molecule has 0 bridgehead atoms. The standard InChI is InChI=1S/C20H20N2O2/c23-22-20-7-3-5-15-12-17(10-11-18(15)20)24-13-16-9-8-14-4-1-2-6-19(14)21-16/h1-2,4,6,8-12,20,22-23H,3,5,7,13H2. The lowest BCUT2D eigenvalue weighted by Crippen LogP contribution is -2.22. The number of ether oxygens (including phenoxy) is 1. The van der Waals surface area contributed by atoms with Gasteiger partial charge < -0.3 is 9.94 Å². The van der Waals surface area contributed by atoms with E-state index in [2.05, 4.69) is 28.7 Å². The molecule has 1 aromatic heterocycles. The highest BCUT2D eigenvalue weighted by Crippen LogP contribution is 2.32. The van der Waals surface area contributed by atoms with Crippen molar-refractivity contribution in [2.45, 2.75) is 31.9 Å². The lowest BCUT2D eigenvalue weighted by atomic mass is 9.88. The van der Waals surface area contributed by atoms with Crippen LogP contribution in [0.2, 0.25) is 0 Å². The molecule has 4 heteroatoms. The summed E-state index contributed by atoms with van der Waals surface area (Å²) >= 11 is 0. The summed E-state index contributed by atoms with van der Waals surface area (Å²) in [6.07, 6.45) is 3.06. The molecule has 1 heterocycles. The van der Waals surface area contributed by atoms with Gasteiger partial charge in [-0.25, -0.2) is 4.98 Å². The Hall–Kier alpha value is -2.43. The van der Waals surface area contributed by atoms with Crippen LogP contribution in [0.15, 0.2) is 54.6 Å². The van der Waals surface area contributed by atoms with E-state index >= 15 is 0 Å². The third-order valence-electron chi connectivity index (χ3n) is 4.63. The molecule has 1 aliphatic carbocycles. The van der Waals surface area contributed by atoms with Gasteiger partial charge in [-0.1, -0.05) is 30.3 Å². The van der Waals surface area contributed by atoms with Crippen molar-refractivity contribution in [1.82, 2.24) is 10.5 Å². The maximum absolute atomic E-state index is 9.26. The highest BCUT2D eigenvalue weighted by Gasteiger charge is 2.19. The summed E-state index contributed by atoms with van der Waals surface area (Å²) in [5.74, 6) is 0.849. The van der Waals surface area contributed by atoms with E-state index in [1.165, 1.54) is 11.1 Å². The average molecular weight is 320 g/mol. The van der Waals surface area contributed by atoms with Crippen molar-refractivity contribution in [1.29, 1.82) is 0 Å². The van der Waals surface area contributed by atoms with E-state index in [1.54, 1.807) is 0 Å². The normalized spacial score (nSPS) is 16.8. The third-order valence-corrected chi connectivity index (χ3v) is 4.63. The summed E-state index contributed by atoms with van der Waals surface area (Å²) in [4.78, 5) is 4.64. The zero-order valence-corrected chi connectivity index (χ0v) is 13.4. The van der Waals surface area contributed by atoms with E-state index in [9.17, 15) is 5.21 Å². The largest absolute Gasteiger partial charge is 0.487 e. The Balaban J connectivity index is 1.51. The van der Waals surface area contributed by atoms with Crippen molar-refractivity contribution in [3.8, 4) is 5.75 Å². The zero-order chi connectivity index (χ0) is 16.4. The molecule has 1 atom stereocenters. The Bertz CT molecular complexity index is 863. The number of hydrogen-bond acceptors (Lipinski definition) is 4. The van der Waals surface area contributed by atoms with Gasteiger partial charge in [-0.3, -0.25) is 0 Å². The van der Waals surface area contributed by atoms with E-state index in [4.69, 9.17) is 4.74 Å². The Kier molecular flexibility index (Phi) is 4.15. The van der Waals surface area contributed by atoms with Gasteiger partial charge in [0.25, 0.3) is 0 Å². The van der Waals surface area contributed by atoms with E-state index in [1.807, 2.05) is 36.4 Å². The minimum absolute atomic E-state index is 0.0324. The molecule has 0 saturated carbocycles. The smallest absolute Gasteiger partial charge is 0.130 e. The maximum atomic E-state index is 9.26. The molecule has 0 amide bonds. The summed E-state index contributed by atoms with van der Waals surface area (Å²) in [7, 11) is 0. The minimum Gasteiger partial charge on any atom is -0.487 e. The predicted molar refractivity (Wildman–Crippen MR) is 93.1 cm³/mol. The van der Waals surface area contributed by atoms with Crippen molar-refractivity contribution in [2.24, 2.45) is 0 Å². The summed E-state index contributed by atoms with van der Waals surface area (Å²) in [5.41, 5.74) is 6.72. The van der Waals surface area contributed by atoms with Gasteiger partial charge in [0.1, 0.15) is 12.4 Å². The molecule has 3 aromatic rings. The highest BCUT2D eigenvalue weighted by molar-refractivity contribution is 5.78. The van der Waals surface area contributed by atoms with Crippen LogP contribution in [-0.4, -0.2) is 10.2 Å². The first-order valence-corrected chi connectivity index (χ1v) is 8.33. The minimum atomic E-state index is 0.0324.